The minimum atomic E-state index is -0.657. The van der Waals surface area contributed by atoms with Crippen LogP contribution in [0.15, 0.2) is 0 Å². The second-order valence-corrected chi connectivity index (χ2v) is 3.40. The van der Waals surface area contributed by atoms with Gasteiger partial charge in [0.2, 0.25) is 0 Å². The van der Waals surface area contributed by atoms with Crippen molar-refractivity contribution in [3.05, 3.63) is 0 Å². The van der Waals surface area contributed by atoms with Crippen LogP contribution < -0.4 is 5.73 Å². The van der Waals surface area contributed by atoms with Crippen LogP contribution in [-0.4, -0.2) is 31.2 Å². The van der Waals surface area contributed by atoms with E-state index in [1.165, 1.54) is 0 Å². The van der Waals surface area contributed by atoms with E-state index in [1.807, 2.05) is 0 Å². The predicted molar refractivity (Wildman–Crippen MR) is 48.3 cm³/mol. The fraction of sp³-hybridized carbons (Fsp3) is 0.778. The van der Waals surface area contributed by atoms with Gasteiger partial charge >= 0.3 is 5.97 Å². The largest absolute Gasteiger partial charge is 0.447 e. The van der Waals surface area contributed by atoms with Crippen molar-refractivity contribution in [3.63, 3.8) is 0 Å². The molecule has 1 saturated heterocycles. The Morgan fingerprint density at radius 1 is 1.64 bits per heavy atom. The molecule has 1 heterocycles. The van der Waals surface area contributed by atoms with Gasteiger partial charge in [-0.3, -0.25) is 15.3 Å². The number of ether oxygens (including phenoxy) is 2. The normalized spacial score (nSPS) is 23.1. The molecule has 0 aromatic rings. The molecule has 5 nitrogen and oxygen atoms in total. The van der Waals surface area contributed by atoms with Gasteiger partial charge in [0.1, 0.15) is 18.4 Å². The highest BCUT2D eigenvalue weighted by molar-refractivity contribution is 5.97. The molecule has 0 aromatic heterocycles. The summed E-state index contributed by atoms with van der Waals surface area (Å²) in [5.41, 5.74) is 5.24. The quantitative estimate of drug-likeness (QED) is 0.388. The highest BCUT2D eigenvalue weighted by Crippen LogP contribution is 2.15. The first-order valence-corrected chi connectivity index (χ1v) is 4.65. The second-order valence-electron chi connectivity index (χ2n) is 3.40. The maximum absolute atomic E-state index is 11.4. The third-order valence-corrected chi connectivity index (χ3v) is 2.02. The summed E-state index contributed by atoms with van der Waals surface area (Å²) in [6, 6.07) is 0. The zero-order valence-corrected chi connectivity index (χ0v) is 8.19. The smallest absolute Gasteiger partial charge is 0.314 e. The van der Waals surface area contributed by atoms with Gasteiger partial charge in [0.25, 0.3) is 0 Å². The number of rotatable bonds is 4. The third kappa shape index (κ3) is 3.43. The van der Waals surface area contributed by atoms with E-state index in [4.69, 9.17) is 10.5 Å². The number of hydrogen-bond acceptors (Lipinski definition) is 5. The highest BCUT2D eigenvalue weighted by Gasteiger charge is 2.25. The number of carbonyl (C=O) groups excluding carboxylic acids is 2. The highest BCUT2D eigenvalue weighted by atomic mass is 16.6. The molecule has 0 amide bonds. The molecule has 14 heavy (non-hydrogen) atoms. The Kier molecular flexibility index (Phi) is 4.03. The molecular formula is C9H15NO4. The lowest BCUT2D eigenvalue weighted by Gasteiger charge is -2.09. The lowest BCUT2D eigenvalue weighted by Crippen LogP contribution is -2.26. The molecule has 2 unspecified atom stereocenters. The fourth-order valence-corrected chi connectivity index (χ4v) is 1.32. The molecular weight excluding hydrogens is 186 g/mol. The minimum absolute atomic E-state index is 0.117. The van der Waals surface area contributed by atoms with Crippen molar-refractivity contribution >= 4 is 11.8 Å². The summed E-state index contributed by atoms with van der Waals surface area (Å²) in [5.74, 6) is -0.819. The molecule has 0 spiro atoms. The van der Waals surface area contributed by atoms with Crippen LogP contribution in [0, 0.1) is 5.92 Å². The van der Waals surface area contributed by atoms with Crippen molar-refractivity contribution in [3.8, 4) is 0 Å². The Hall–Kier alpha value is -0.940. The van der Waals surface area contributed by atoms with Crippen LogP contribution in [0.25, 0.3) is 0 Å². The van der Waals surface area contributed by atoms with Gasteiger partial charge in [-0.25, -0.2) is 0 Å². The monoisotopic (exact) mass is 201 g/mol. The molecule has 0 aliphatic carbocycles. The summed E-state index contributed by atoms with van der Waals surface area (Å²) in [4.78, 5) is 22.5. The summed E-state index contributed by atoms with van der Waals surface area (Å²) < 4.78 is 9.70. The van der Waals surface area contributed by atoms with Gasteiger partial charge in [-0.2, -0.15) is 0 Å². The molecule has 80 valence electrons. The van der Waals surface area contributed by atoms with E-state index in [2.05, 4.69) is 4.74 Å². The predicted octanol–water partition coefficient (Wildman–Crippen LogP) is -0.170. The van der Waals surface area contributed by atoms with E-state index in [9.17, 15) is 9.59 Å². The Balaban J connectivity index is 2.28. The van der Waals surface area contributed by atoms with Crippen LogP contribution in [-0.2, 0) is 19.1 Å². The maximum atomic E-state index is 11.4. The van der Waals surface area contributed by atoms with Gasteiger partial charge in [-0.15, -0.1) is 0 Å². The number of Topliss-reactive ketones (excluding diaryl/α,β-unsaturated/α-hetero) is 1. The molecule has 1 aliphatic rings. The SMILES string of the molecule is CC(N)OC(=O)CC(=O)C1CCOC1. The van der Waals surface area contributed by atoms with Gasteiger partial charge in [0, 0.05) is 12.5 Å². The number of ketones is 1. The Morgan fingerprint density at radius 2 is 2.36 bits per heavy atom. The van der Waals surface area contributed by atoms with Gasteiger partial charge in [0.05, 0.1) is 6.61 Å². The van der Waals surface area contributed by atoms with E-state index in [1.54, 1.807) is 6.92 Å². The van der Waals surface area contributed by atoms with Crippen LogP contribution >= 0.6 is 0 Å². The fourth-order valence-electron chi connectivity index (χ4n) is 1.32. The Morgan fingerprint density at radius 3 is 2.86 bits per heavy atom. The van der Waals surface area contributed by atoms with Crippen LogP contribution in [0.5, 0.6) is 0 Å². The molecule has 1 fully saturated rings. The average molecular weight is 201 g/mol. The minimum Gasteiger partial charge on any atom is -0.447 e. The first-order valence-electron chi connectivity index (χ1n) is 4.65. The van der Waals surface area contributed by atoms with Crippen molar-refractivity contribution < 1.29 is 19.1 Å². The van der Waals surface area contributed by atoms with Crippen molar-refractivity contribution in [2.75, 3.05) is 13.2 Å². The topological polar surface area (TPSA) is 78.6 Å². The zero-order chi connectivity index (χ0) is 10.6. The number of hydrogen-bond donors (Lipinski definition) is 1. The van der Waals surface area contributed by atoms with Gasteiger partial charge in [-0.05, 0) is 13.3 Å². The molecule has 2 N–H and O–H groups in total. The first-order chi connectivity index (χ1) is 6.59. The average Bonchev–Trinajstić information content (AvgIpc) is 2.53. The van der Waals surface area contributed by atoms with Crippen molar-refractivity contribution in [2.45, 2.75) is 26.0 Å². The molecule has 0 saturated carbocycles. The summed E-state index contributed by atoms with van der Waals surface area (Å²) in [6.45, 7) is 2.56. The lowest BCUT2D eigenvalue weighted by molar-refractivity contribution is -0.150. The maximum Gasteiger partial charge on any atom is 0.314 e. The van der Waals surface area contributed by atoms with Crippen LogP contribution in [0.1, 0.15) is 19.8 Å². The molecule has 1 rings (SSSR count). The van der Waals surface area contributed by atoms with Gasteiger partial charge in [-0.1, -0.05) is 0 Å². The van der Waals surface area contributed by atoms with E-state index in [0.29, 0.717) is 19.6 Å². The third-order valence-electron chi connectivity index (χ3n) is 2.02. The summed E-state index contributed by atoms with van der Waals surface area (Å²) in [6.07, 6.45) is -0.157. The number of esters is 1. The van der Waals surface area contributed by atoms with E-state index in [0.717, 1.165) is 0 Å². The zero-order valence-electron chi connectivity index (χ0n) is 8.19. The van der Waals surface area contributed by atoms with Gasteiger partial charge < -0.3 is 9.47 Å². The van der Waals surface area contributed by atoms with E-state index < -0.39 is 12.2 Å². The van der Waals surface area contributed by atoms with E-state index >= 15 is 0 Å². The summed E-state index contributed by atoms with van der Waals surface area (Å²) in [7, 11) is 0. The van der Waals surface area contributed by atoms with Crippen molar-refractivity contribution in [1.82, 2.24) is 0 Å². The summed E-state index contributed by atoms with van der Waals surface area (Å²) >= 11 is 0. The molecule has 0 aromatic carbocycles. The number of carbonyl (C=O) groups is 2. The molecule has 2 atom stereocenters. The number of nitrogens with two attached hydrogens (primary N) is 1. The summed E-state index contributed by atoms with van der Waals surface area (Å²) in [5, 5.41) is 0. The standard InChI is InChI=1S/C9H15NO4/c1-6(10)14-9(12)4-8(11)7-2-3-13-5-7/h6-7H,2-5,10H2,1H3. The van der Waals surface area contributed by atoms with Crippen molar-refractivity contribution in [1.29, 1.82) is 0 Å². The van der Waals surface area contributed by atoms with E-state index in [-0.39, 0.29) is 18.1 Å². The van der Waals surface area contributed by atoms with Crippen LogP contribution in [0.3, 0.4) is 0 Å². The molecule has 5 heteroatoms. The Bertz CT molecular complexity index is 221. The first kappa shape index (κ1) is 11.1. The second kappa shape index (κ2) is 5.07. The van der Waals surface area contributed by atoms with Crippen LogP contribution in [0.2, 0.25) is 0 Å². The Labute approximate surface area is 82.5 Å². The van der Waals surface area contributed by atoms with Crippen LogP contribution in [0.4, 0.5) is 0 Å². The lowest BCUT2D eigenvalue weighted by atomic mass is 10.0. The molecule has 0 radical (unpaired) electrons. The van der Waals surface area contributed by atoms with Gasteiger partial charge in [0.15, 0.2) is 0 Å². The van der Waals surface area contributed by atoms with Crippen molar-refractivity contribution in [2.24, 2.45) is 11.7 Å². The molecule has 1 aliphatic heterocycles. The molecule has 0 bridgehead atoms.